The number of rotatable bonds is 23. The molecule has 7 unspecified atom stereocenters. The van der Waals surface area contributed by atoms with Crippen molar-refractivity contribution in [2.45, 2.75) is 70.2 Å². The van der Waals surface area contributed by atoms with E-state index in [2.05, 4.69) is 89.0 Å². The van der Waals surface area contributed by atoms with Gasteiger partial charge in [0, 0.05) is 37.1 Å². The number of nitrogens with two attached hydrogens (primary N) is 1. The van der Waals surface area contributed by atoms with Crippen LogP contribution in [0.15, 0.2) is 67.3 Å². The summed E-state index contributed by atoms with van der Waals surface area (Å²) in [7, 11) is -16.4. The summed E-state index contributed by atoms with van der Waals surface area (Å²) in [4.78, 5) is 89.1. The number of fused-ring (bicyclic) bond motifs is 1. The number of nitrogens with one attached hydrogen (secondary N) is 2. The van der Waals surface area contributed by atoms with Crippen molar-refractivity contribution >= 4 is 101 Å². The molecule has 1 saturated heterocycles. The van der Waals surface area contributed by atoms with E-state index < -0.39 is 84.6 Å². The lowest BCUT2D eigenvalue weighted by Gasteiger charge is -2.30. The van der Waals surface area contributed by atoms with Crippen molar-refractivity contribution in [2.24, 2.45) is 5.41 Å². The topological polar surface area (TPSA) is 364 Å². The van der Waals surface area contributed by atoms with E-state index in [1.54, 1.807) is 0 Å². The Hall–Kier alpha value is -4.52. The van der Waals surface area contributed by atoms with Gasteiger partial charge in [-0.05, 0) is 50.7 Å². The number of hydrogen-bond acceptors (Lipinski definition) is 18. The quantitative estimate of drug-likeness (QED) is 0.0251. The molecule has 6 aromatic rings. The molecule has 28 heteroatoms. The maximum atomic E-state index is 12.8. The van der Waals surface area contributed by atoms with Gasteiger partial charge in [-0.25, -0.2) is 28.6 Å². The molecule has 0 spiro atoms. The number of nitrogen functional groups attached to an aromatic ring is 1. The SMILES string of the molecule is CC(C)(COP(=O)(O)OP(=O)(O)OCC1OC(n2cnc3c(N)ncnc32)C(O)C1OP(=O)(O)O)C(O)C(=O)NCCC(=O)NCCSC(=O)CCCc1ccc2ccc3cccc4ccc1c2c34. The van der Waals surface area contributed by atoms with E-state index in [4.69, 9.17) is 19.5 Å². The average molecular weight is 1040 g/mol. The zero-order valence-corrected chi connectivity index (χ0v) is 40.4. The molecule has 7 rings (SSSR count). The van der Waals surface area contributed by atoms with Crippen LogP contribution in [0.5, 0.6) is 0 Å². The number of thioether (sulfide) groups is 1. The molecule has 0 aliphatic carbocycles. The van der Waals surface area contributed by atoms with Gasteiger partial charge in [0.2, 0.25) is 11.8 Å². The second-order valence-corrected chi connectivity index (χ2v) is 22.1. The summed E-state index contributed by atoms with van der Waals surface area (Å²) < 4.78 is 62.6. The minimum absolute atomic E-state index is 0.00103. The van der Waals surface area contributed by atoms with Crippen molar-refractivity contribution in [2.75, 3.05) is 37.8 Å². The van der Waals surface area contributed by atoms with Crippen LogP contribution in [0.25, 0.3) is 43.5 Å². The van der Waals surface area contributed by atoms with E-state index in [0.717, 1.165) is 35.4 Å². The van der Waals surface area contributed by atoms with Gasteiger partial charge in [0.05, 0.1) is 19.5 Å². The molecule has 0 saturated carbocycles. The van der Waals surface area contributed by atoms with Crippen LogP contribution in [-0.4, -0.2) is 123 Å². The maximum absolute atomic E-state index is 12.8. The minimum Gasteiger partial charge on any atom is -0.386 e. The van der Waals surface area contributed by atoms with Crippen LogP contribution in [0.4, 0.5) is 5.82 Å². The van der Waals surface area contributed by atoms with E-state index in [1.165, 1.54) is 51.7 Å². The number of hydrogen-bond donors (Lipinski definition) is 9. The first-order chi connectivity index (χ1) is 32.5. The lowest BCUT2D eigenvalue weighted by Crippen LogP contribution is -2.46. The molecule has 0 radical (unpaired) electrons. The molecule has 2 amide bonds. The summed E-state index contributed by atoms with van der Waals surface area (Å²) in [5.41, 5.74) is 5.45. The van der Waals surface area contributed by atoms with Gasteiger partial charge < -0.3 is 50.9 Å². The maximum Gasteiger partial charge on any atom is 0.481 e. The van der Waals surface area contributed by atoms with Crippen molar-refractivity contribution in [1.82, 2.24) is 30.2 Å². The second kappa shape index (κ2) is 21.5. The van der Waals surface area contributed by atoms with Crippen molar-refractivity contribution in [3.63, 3.8) is 0 Å². The van der Waals surface area contributed by atoms with Crippen molar-refractivity contribution in [3.05, 3.63) is 72.8 Å². The predicted molar refractivity (Wildman–Crippen MR) is 250 cm³/mol. The van der Waals surface area contributed by atoms with Gasteiger partial charge in [-0.3, -0.25) is 32.5 Å². The number of ether oxygens (including phenoxy) is 1. The standard InChI is InChI=1S/C41H50N7O17P3S/c1-41(2,20-62-68(59,60)65-67(57,58)61-19-28-35(64-66(54,55)56)34(51)40(63-28)48-22-47-33-37(42)45-21-46-38(33)48)36(52)39(53)44-16-15-29(49)43-17-18-69-30(50)8-4-5-23-9-10-26-12-11-24-6-3-7-25-13-14-27(23)32(26)31(24)25/h3,6-7,9-14,21-22,28,34-36,40,51-52H,4-5,8,15-20H2,1-2H3,(H,43,49)(H,44,53)(H,57,58)(H,59,60)(H2,42,45,46)(H2,54,55,56). The van der Waals surface area contributed by atoms with Gasteiger partial charge in [-0.15, -0.1) is 0 Å². The Labute approximate surface area is 397 Å². The first-order valence-electron chi connectivity index (χ1n) is 21.2. The molecule has 10 N–H and O–H groups in total. The summed E-state index contributed by atoms with van der Waals surface area (Å²) >= 11 is 1.12. The number of aryl methyl sites for hydroxylation is 1. The van der Waals surface area contributed by atoms with Crippen LogP contribution in [0.1, 0.15) is 44.9 Å². The number of anilines is 1. The Balaban J connectivity index is 0.793. The van der Waals surface area contributed by atoms with Crippen LogP contribution in [0.2, 0.25) is 0 Å². The number of phosphoric acid groups is 3. The van der Waals surface area contributed by atoms with E-state index >= 15 is 0 Å². The second-order valence-electron chi connectivity index (χ2n) is 16.7. The monoisotopic (exact) mass is 1040 g/mol. The Bertz CT molecular complexity index is 2980. The summed E-state index contributed by atoms with van der Waals surface area (Å²) in [6.07, 6.45) is -5.19. The third-order valence-corrected chi connectivity index (χ3v) is 15.2. The Morgan fingerprint density at radius 1 is 0.899 bits per heavy atom. The number of aliphatic hydroxyl groups is 2. The zero-order valence-electron chi connectivity index (χ0n) is 36.9. The number of amides is 2. The van der Waals surface area contributed by atoms with Crippen LogP contribution in [0.3, 0.4) is 0 Å². The summed E-state index contributed by atoms with van der Waals surface area (Å²) in [6, 6.07) is 19.1. The minimum atomic E-state index is -5.59. The third kappa shape index (κ3) is 12.9. The highest BCUT2D eigenvalue weighted by Crippen LogP contribution is 2.61. The smallest absolute Gasteiger partial charge is 0.386 e. The van der Waals surface area contributed by atoms with Crippen LogP contribution < -0.4 is 16.4 Å². The largest absolute Gasteiger partial charge is 0.481 e. The lowest BCUT2D eigenvalue weighted by atomic mass is 9.87. The number of aliphatic hydroxyl groups excluding tert-OH is 2. The fraction of sp³-hybridized carbons (Fsp3) is 0.415. The number of carbonyl (C=O) groups is 3. The molecule has 24 nitrogen and oxygen atoms in total. The molecule has 372 valence electrons. The molecule has 1 fully saturated rings. The summed E-state index contributed by atoms with van der Waals surface area (Å²) in [6.45, 7) is 0.481. The van der Waals surface area contributed by atoms with Crippen molar-refractivity contribution < 1.29 is 80.5 Å². The molecule has 0 bridgehead atoms. The molecule has 4 aromatic carbocycles. The van der Waals surface area contributed by atoms with Gasteiger partial charge in [-0.1, -0.05) is 80.2 Å². The van der Waals surface area contributed by atoms with Gasteiger partial charge >= 0.3 is 23.5 Å². The fourth-order valence-corrected chi connectivity index (χ4v) is 11.4. The zero-order chi connectivity index (χ0) is 49.9. The molecular weight excluding hydrogens is 987 g/mol. The van der Waals surface area contributed by atoms with E-state index in [1.807, 2.05) is 0 Å². The number of benzene rings is 4. The van der Waals surface area contributed by atoms with Crippen molar-refractivity contribution in [1.29, 1.82) is 0 Å². The normalized spacial score (nSPS) is 20.1. The predicted octanol–water partition coefficient (Wildman–Crippen LogP) is 3.59. The lowest BCUT2D eigenvalue weighted by molar-refractivity contribution is -0.137. The van der Waals surface area contributed by atoms with Crippen LogP contribution >= 0.6 is 35.2 Å². The van der Waals surface area contributed by atoms with Gasteiger partial charge in [0.15, 0.2) is 22.8 Å². The average Bonchev–Trinajstić information content (AvgIpc) is 3.85. The fourth-order valence-electron chi connectivity index (χ4n) is 7.80. The summed E-state index contributed by atoms with van der Waals surface area (Å²) in [5, 5.41) is 33.9. The Morgan fingerprint density at radius 2 is 1.58 bits per heavy atom. The number of aromatic nitrogens is 4. The molecule has 7 atom stereocenters. The first kappa shape index (κ1) is 52.3. The van der Waals surface area contributed by atoms with Gasteiger partial charge in [0.1, 0.15) is 36.3 Å². The number of carbonyl (C=O) groups excluding carboxylic acids is 3. The molecular formula is C41H50N7O17P3S. The van der Waals surface area contributed by atoms with E-state index in [0.29, 0.717) is 18.6 Å². The molecule has 3 heterocycles. The number of phosphoric ester groups is 3. The molecule has 69 heavy (non-hydrogen) atoms. The third-order valence-electron chi connectivity index (χ3n) is 11.2. The highest BCUT2D eigenvalue weighted by Gasteiger charge is 2.50. The van der Waals surface area contributed by atoms with Gasteiger partial charge in [0.25, 0.3) is 0 Å². The highest BCUT2D eigenvalue weighted by atomic mass is 32.2. The van der Waals surface area contributed by atoms with Crippen LogP contribution in [-0.2, 0) is 57.1 Å². The Morgan fingerprint density at radius 3 is 2.30 bits per heavy atom. The first-order valence-corrected chi connectivity index (χ1v) is 26.7. The molecule has 1 aliphatic rings. The number of nitrogens with zero attached hydrogens (tertiary/aromatic N) is 4. The van der Waals surface area contributed by atoms with Crippen LogP contribution in [0, 0.1) is 5.41 Å². The Kier molecular flexibility index (Phi) is 16.3. The highest BCUT2D eigenvalue weighted by molar-refractivity contribution is 8.13. The van der Waals surface area contributed by atoms with E-state index in [9.17, 15) is 57.9 Å². The molecule has 2 aromatic heterocycles. The van der Waals surface area contributed by atoms with Gasteiger partial charge in [-0.2, -0.15) is 4.31 Å². The number of imidazole rings is 1. The van der Waals surface area contributed by atoms with Crippen molar-refractivity contribution in [3.8, 4) is 0 Å². The van der Waals surface area contributed by atoms with E-state index in [-0.39, 0.29) is 41.6 Å². The molecule has 1 aliphatic heterocycles. The summed E-state index contributed by atoms with van der Waals surface area (Å²) in [5.74, 6) is -1.12.